The van der Waals surface area contributed by atoms with E-state index in [9.17, 15) is 9.90 Å². The zero-order valence-corrected chi connectivity index (χ0v) is 11.3. The molecule has 4 nitrogen and oxygen atoms in total. The van der Waals surface area contributed by atoms with Crippen molar-refractivity contribution in [1.82, 2.24) is 4.98 Å². The maximum absolute atomic E-state index is 12.2. The molecule has 98 valence electrons. The first-order valence-corrected chi connectivity index (χ1v) is 6.10. The molecule has 0 saturated carbocycles. The van der Waals surface area contributed by atoms with Crippen LogP contribution in [0.25, 0.3) is 0 Å². The summed E-state index contributed by atoms with van der Waals surface area (Å²) in [5.74, 6) is -0.388. The number of nitrogens with zero attached hydrogens (tertiary/aromatic N) is 1. The van der Waals surface area contributed by atoms with Crippen molar-refractivity contribution in [1.29, 1.82) is 0 Å². The van der Waals surface area contributed by atoms with Gasteiger partial charge in [0.15, 0.2) is 0 Å². The minimum absolute atomic E-state index is 0.00435. The number of hydrogen-bond donors (Lipinski definition) is 2. The van der Waals surface area contributed by atoms with Crippen molar-refractivity contribution in [3.8, 4) is 5.75 Å². The topological polar surface area (TPSA) is 62.2 Å². The van der Waals surface area contributed by atoms with E-state index in [4.69, 9.17) is 11.6 Å². The van der Waals surface area contributed by atoms with Gasteiger partial charge in [-0.15, -0.1) is 0 Å². The molecule has 0 radical (unpaired) electrons. The third kappa shape index (κ3) is 2.85. The van der Waals surface area contributed by atoms with Crippen LogP contribution in [-0.4, -0.2) is 16.0 Å². The molecule has 0 unspecified atom stereocenters. The highest BCUT2D eigenvalue weighted by atomic mass is 35.5. The molecule has 0 atom stereocenters. The number of carbonyl (C=O) groups is 1. The first-order chi connectivity index (χ1) is 8.99. The fourth-order valence-corrected chi connectivity index (χ4v) is 2.20. The molecule has 1 amide bonds. The van der Waals surface area contributed by atoms with Crippen LogP contribution < -0.4 is 5.32 Å². The summed E-state index contributed by atoms with van der Waals surface area (Å²) in [4.78, 5) is 16.2. The summed E-state index contributed by atoms with van der Waals surface area (Å²) in [5.41, 5.74) is 2.14. The molecule has 0 saturated heterocycles. The summed E-state index contributed by atoms with van der Waals surface area (Å²) in [5, 5.41) is 12.4. The molecule has 19 heavy (non-hydrogen) atoms. The summed E-state index contributed by atoms with van der Waals surface area (Å²) in [6.45, 7) is 3.60. The SMILES string of the molecule is Cc1cc(C)c(C(=O)Nc2ccccc2O)c(Cl)n1. The first-order valence-electron chi connectivity index (χ1n) is 5.72. The summed E-state index contributed by atoms with van der Waals surface area (Å²) in [7, 11) is 0. The zero-order valence-electron chi connectivity index (χ0n) is 10.6. The highest BCUT2D eigenvalue weighted by molar-refractivity contribution is 6.33. The van der Waals surface area contributed by atoms with Gasteiger partial charge in [0, 0.05) is 5.69 Å². The van der Waals surface area contributed by atoms with Gasteiger partial charge in [0.25, 0.3) is 5.91 Å². The minimum atomic E-state index is -0.392. The molecule has 2 N–H and O–H groups in total. The van der Waals surface area contributed by atoms with Crippen molar-refractivity contribution in [2.45, 2.75) is 13.8 Å². The highest BCUT2D eigenvalue weighted by Crippen LogP contribution is 2.24. The number of aromatic nitrogens is 1. The number of amides is 1. The third-order valence-electron chi connectivity index (χ3n) is 2.68. The number of nitrogens with one attached hydrogen (secondary N) is 1. The number of carbonyl (C=O) groups excluding carboxylic acids is 1. The van der Waals surface area contributed by atoms with E-state index in [0.717, 1.165) is 11.3 Å². The lowest BCUT2D eigenvalue weighted by atomic mass is 10.1. The number of pyridine rings is 1. The lowest BCUT2D eigenvalue weighted by molar-refractivity contribution is 0.102. The normalized spacial score (nSPS) is 10.3. The van der Waals surface area contributed by atoms with Gasteiger partial charge >= 0.3 is 0 Å². The van der Waals surface area contributed by atoms with E-state index >= 15 is 0 Å². The van der Waals surface area contributed by atoms with Gasteiger partial charge in [0.05, 0.1) is 11.3 Å². The van der Waals surface area contributed by atoms with Crippen LogP contribution in [0.1, 0.15) is 21.6 Å². The van der Waals surface area contributed by atoms with Crippen molar-refractivity contribution in [3.63, 3.8) is 0 Å². The van der Waals surface area contributed by atoms with Gasteiger partial charge in [-0.2, -0.15) is 0 Å². The third-order valence-corrected chi connectivity index (χ3v) is 2.95. The fraction of sp³-hybridized carbons (Fsp3) is 0.143. The Hall–Kier alpha value is -2.07. The molecule has 1 aromatic carbocycles. The maximum Gasteiger partial charge on any atom is 0.259 e. The van der Waals surface area contributed by atoms with Crippen LogP contribution in [0.3, 0.4) is 0 Å². The number of benzene rings is 1. The van der Waals surface area contributed by atoms with Crippen molar-refractivity contribution >= 4 is 23.2 Å². The highest BCUT2D eigenvalue weighted by Gasteiger charge is 2.16. The fourth-order valence-electron chi connectivity index (χ4n) is 1.83. The molecular formula is C14H13ClN2O2. The zero-order chi connectivity index (χ0) is 14.0. The van der Waals surface area contributed by atoms with Gasteiger partial charge in [-0.1, -0.05) is 23.7 Å². The largest absolute Gasteiger partial charge is 0.506 e. The Labute approximate surface area is 116 Å². The first kappa shape index (κ1) is 13.4. The molecule has 2 aromatic rings. The van der Waals surface area contributed by atoms with Crippen LogP contribution in [0.4, 0.5) is 5.69 Å². The smallest absolute Gasteiger partial charge is 0.259 e. The van der Waals surface area contributed by atoms with E-state index in [2.05, 4.69) is 10.3 Å². The molecule has 0 spiro atoms. The average Bonchev–Trinajstić information content (AvgIpc) is 2.30. The van der Waals surface area contributed by atoms with Gasteiger partial charge in [-0.25, -0.2) is 4.98 Å². The van der Waals surface area contributed by atoms with Crippen LogP contribution in [-0.2, 0) is 0 Å². The van der Waals surface area contributed by atoms with Crippen LogP contribution in [0.2, 0.25) is 5.15 Å². The average molecular weight is 277 g/mol. The van der Waals surface area contributed by atoms with Gasteiger partial charge in [0.2, 0.25) is 0 Å². The van der Waals surface area contributed by atoms with E-state index in [1.165, 1.54) is 6.07 Å². The number of rotatable bonds is 2. The monoisotopic (exact) mass is 276 g/mol. The van der Waals surface area contributed by atoms with Crippen LogP contribution in [0.15, 0.2) is 30.3 Å². The van der Waals surface area contributed by atoms with E-state index in [1.54, 1.807) is 31.2 Å². The van der Waals surface area contributed by atoms with Crippen LogP contribution >= 0.6 is 11.6 Å². The Balaban J connectivity index is 2.34. The van der Waals surface area contributed by atoms with Crippen molar-refractivity contribution in [2.75, 3.05) is 5.32 Å². The summed E-state index contributed by atoms with van der Waals surface area (Å²) in [6, 6.07) is 8.29. The molecule has 0 aliphatic carbocycles. The van der Waals surface area contributed by atoms with E-state index in [0.29, 0.717) is 11.3 Å². The quantitative estimate of drug-likeness (QED) is 0.653. The maximum atomic E-state index is 12.2. The molecule has 5 heteroatoms. The molecule has 0 fully saturated rings. The second kappa shape index (κ2) is 5.28. The standard InChI is InChI=1S/C14H13ClN2O2/c1-8-7-9(2)16-13(15)12(8)14(19)17-10-5-3-4-6-11(10)18/h3-7,18H,1-2H3,(H,17,19). The molecular weight excluding hydrogens is 264 g/mol. The summed E-state index contributed by atoms with van der Waals surface area (Å²) >= 11 is 6.00. The van der Waals surface area contributed by atoms with Crippen LogP contribution in [0.5, 0.6) is 5.75 Å². The predicted molar refractivity (Wildman–Crippen MR) is 74.8 cm³/mol. The number of halogens is 1. The van der Waals surface area contributed by atoms with Crippen LogP contribution in [0, 0.1) is 13.8 Å². The Morgan fingerprint density at radius 2 is 2.00 bits per heavy atom. The number of aromatic hydroxyl groups is 1. The number of phenols is 1. The Bertz CT molecular complexity index is 618. The van der Waals surface area contributed by atoms with Gasteiger partial charge in [0.1, 0.15) is 10.9 Å². The molecule has 0 aliphatic rings. The van der Waals surface area contributed by atoms with E-state index in [1.807, 2.05) is 6.92 Å². The Kier molecular flexibility index (Phi) is 3.71. The number of anilines is 1. The van der Waals surface area contributed by atoms with Crippen molar-refractivity contribution in [2.24, 2.45) is 0 Å². The molecule has 1 heterocycles. The Morgan fingerprint density at radius 1 is 1.32 bits per heavy atom. The van der Waals surface area contributed by atoms with Gasteiger partial charge in [-0.3, -0.25) is 4.79 Å². The van der Waals surface area contributed by atoms with E-state index in [-0.39, 0.29) is 10.9 Å². The number of aryl methyl sites for hydroxylation is 2. The van der Waals surface area contributed by atoms with Crippen molar-refractivity contribution in [3.05, 3.63) is 52.3 Å². The second-order valence-electron chi connectivity index (χ2n) is 4.22. The lowest BCUT2D eigenvalue weighted by Gasteiger charge is -2.10. The minimum Gasteiger partial charge on any atom is -0.506 e. The second-order valence-corrected chi connectivity index (χ2v) is 4.58. The predicted octanol–water partition coefficient (Wildman–Crippen LogP) is 3.31. The van der Waals surface area contributed by atoms with E-state index < -0.39 is 5.91 Å². The molecule has 2 rings (SSSR count). The Morgan fingerprint density at radius 3 is 2.63 bits per heavy atom. The molecule has 0 aliphatic heterocycles. The van der Waals surface area contributed by atoms with Gasteiger partial charge < -0.3 is 10.4 Å². The number of hydrogen-bond acceptors (Lipinski definition) is 3. The lowest BCUT2D eigenvalue weighted by Crippen LogP contribution is -2.15. The number of phenolic OH excluding ortho intramolecular Hbond substituents is 1. The molecule has 1 aromatic heterocycles. The molecule has 0 bridgehead atoms. The summed E-state index contributed by atoms with van der Waals surface area (Å²) in [6.07, 6.45) is 0. The van der Waals surface area contributed by atoms with Gasteiger partial charge in [-0.05, 0) is 37.6 Å². The van der Waals surface area contributed by atoms with Crippen molar-refractivity contribution < 1.29 is 9.90 Å². The number of para-hydroxylation sites is 2. The summed E-state index contributed by atoms with van der Waals surface area (Å²) < 4.78 is 0.